The molecule has 18 heavy (non-hydrogen) atoms. The molecule has 1 saturated carbocycles. The third-order valence-electron chi connectivity index (χ3n) is 5.16. The molecule has 3 atom stereocenters. The number of rotatable bonds is 6. The van der Waals surface area contributed by atoms with E-state index in [0.717, 1.165) is 18.4 Å². The van der Waals surface area contributed by atoms with Crippen LogP contribution in [-0.2, 0) is 4.74 Å². The second-order valence-electron chi connectivity index (χ2n) is 6.25. The van der Waals surface area contributed by atoms with Gasteiger partial charge < -0.3 is 10.1 Å². The molecule has 2 nitrogen and oxygen atoms in total. The van der Waals surface area contributed by atoms with Crippen LogP contribution >= 0.6 is 0 Å². The van der Waals surface area contributed by atoms with Crippen molar-refractivity contribution in [2.45, 2.75) is 76.9 Å². The Balaban J connectivity index is 1.77. The highest BCUT2D eigenvalue weighted by Gasteiger charge is 2.32. The Kier molecular flexibility index (Phi) is 5.97. The smallest absolute Gasteiger partial charge is 0.0616 e. The summed E-state index contributed by atoms with van der Waals surface area (Å²) < 4.78 is 5.85. The molecule has 1 N–H and O–H groups in total. The fourth-order valence-electron chi connectivity index (χ4n) is 4.01. The third kappa shape index (κ3) is 3.71. The van der Waals surface area contributed by atoms with Crippen LogP contribution in [-0.4, -0.2) is 25.8 Å². The minimum atomic E-state index is 0.508. The van der Waals surface area contributed by atoms with Gasteiger partial charge in [-0.25, -0.2) is 0 Å². The minimum Gasteiger partial charge on any atom is -0.378 e. The topological polar surface area (TPSA) is 21.3 Å². The van der Waals surface area contributed by atoms with Crippen molar-refractivity contribution in [1.82, 2.24) is 5.32 Å². The maximum absolute atomic E-state index is 5.85. The first-order chi connectivity index (χ1) is 8.85. The van der Waals surface area contributed by atoms with Crippen LogP contribution in [0.25, 0.3) is 0 Å². The fourth-order valence-corrected chi connectivity index (χ4v) is 4.01. The minimum absolute atomic E-state index is 0.508. The second-order valence-corrected chi connectivity index (χ2v) is 6.25. The molecule has 3 unspecified atom stereocenters. The van der Waals surface area contributed by atoms with Gasteiger partial charge in [0.05, 0.1) is 6.10 Å². The van der Waals surface area contributed by atoms with Gasteiger partial charge in [-0.3, -0.25) is 0 Å². The van der Waals surface area contributed by atoms with Crippen LogP contribution in [0.2, 0.25) is 0 Å². The lowest BCUT2D eigenvalue weighted by Crippen LogP contribution is -2.38. The lowest BCUT2D eigenvalue weighted by Gasteiger charge is -2.29. The van der Waals surface area contributed by atoms with E-state index in [1.54, 1.807) is 0 Å². The standard InChI is InChI=1S/C16H31NO/c1-3-16-14(11-12-18-16)15(17-2)10-9-13-7-5-4-6-8-13/h13-17H,3-12H2,1-2H3. The van der Waals surface area contributed by atoms with E-state index in [1.807, 2.05) is 0 Å². The SMILES string of the molecule is CCC1OCCC1C(CCC1CCCCC1)NC. The number of ether oxygens (including phenoxy) is 1. The van der Waals surface area contributed by atoms with Crippen LogP contribution in [0.15, 0.2) is 0 Å². The van der Waals surface area contributed by atoms with E-state index in [4.69, 9.17) is 4.74 Å². The van der Waals surface area contributed by atoms with Gasteiger partial charge in [0, 0.05) is 18.6 Å². The van der Waals surface area contributed by atoms with Crippen LogP contribution in [0, 0.1) is 11.8 Å². The average molecular weight is 253 g/mol. The molecule has 0 bridgehead atoms. The molecule has 0 aromatic heterocycles. The summed E-state index contributed by atoms with van der Waals surface area (Å²) in [5.41, 5.74) is 0. The summed E-state index contributed by atoms with van der Waals surface area (Å²) in [6.07, 6.45) is 13.1. The zero-order valence-corrected chi connectivity index (χ0v) is 12.3. The quantitative estimate of drug-likeness (QED) is 0.778. The van der Waals surface area contributed by atoms with E-state index in [-0.39, 0.29) is 0 Å². The number of hydrogen-bond donors (Lipinski definition) is 1. The van der Waals surface area contributed by atoms with Crippen LogP contribution in [0.4, 0.5) is 0 Å². The molecule has 0 aromatic carbocycles. The predicted octanol–water partition coefficient (Wildman–Crippen LogP) is 3.75. The molecule has 2 fully saturated rings. The van der Waals surface area contributed by atoms with Crippen molar-refractivity contribution in [1.29, 1.82) is 0 Å². The van der Waals surface area contributed by atoms with Gasteiger partial charge in [-0.2, -0.15) is 0 Å². The van der Waals surface area contributed by atoms with Gasteiger partial charge in [0.2, 0.25) is 0 Å². The molecule has 1 aliphatic heterocycles. The fraction of sp³-hybridized carbons (Fsp3) is 1.00. The highest BCUT2D eigenvalue weighted by atomic mass is 16.5. The Morgan fingerprint density at radius 3 is 2.61 bits per heavy atom. The molecule has 2 heteroatoms. The van der Waals surface area contributed by atoms with E-state index in [2.05, 4.69) is 19.3 Å². The van der Waals surface area contributed by atoms with E-state index in [1.165, 1.54) is 57.8 Å². The predicted molar refractivity (Wildman–Crippen MR) is 76.8 cm³/mol. The maximum Gasteiger partial charge on any atom is 0.0616 e. The molecule has 2 rings (SSSR count). The molecular weight excluding hydrogens is 222 g/mol. The molecule has 2 aliphatic rings. The molecular formula is C16H31NO. The first kappa shape index (κ1) is 14.3. The largest absolute Gasteiger partial charge is 0.378 e. The highest BCUT2D eigenvalue weighted by molar-refractivity contribution is 4.85. The molecule has 0 spiro atoms. The van der Waals surface area contributed by atoms with Gasteiger partial charge in [-0.05, 0) is 38.6 Å². The van der Waals surface area contributed by atoms with Gasteiger partial charge >= 0.3 is 0 Å². The zero-order valence-electron chi connectivity index (χ0n) is 12.3. The Morgan fingerprint density at radius 1 is 1.17 bits per heavy atom. The van der Waals surface area contributed by atoms with Crippen molar-refractivity contribution in [3.63, 3.8) is 0 Å². The Hall–Kier alpha value is -0.0800. The van der Waals surface area contributed by atoms with Crippen molar-refractivity contribution < 1.29 is 4.74 Å². The molecule has 1 heterocycles. The average Bonchev–Trinajstić information content (AvgIpc) is 2.89. The summed E-state index contributed by atoms with van der Waals surface area (Å²) in [4.78, 5) is 0. The second kappa shape index (κ2) is 7.49. The van der Waals surface area contributed by atoms with Crippen molar-refractivity contribution in [2.24, 2.45) is 11.8 Å². The van der Waals surface area contributed by atoms with Crippen molar-refractivity contribution in [2.75, 3.05) is 13.7 Å². The maximum atomic E-state index is 5.85. The summed E-state index contributed by atoms with van der Waals surface area (Å²) in [6, 6.07) is 0.680. The molecule has 106 valence electrons. The summed E-state index contributed by atoms with van der Waals surface area (Å²) in [5.74, 6) is 1.76. The van der Waals surface area contributed by atoms with Gasteiger partial charge in [-0.1, -0.05) is 39.0 Å². The summed E-state index contributed by atoms with van der Waals surface area (Å²) in [5, 5.41) is 3.57. The van der Waals surface area contributed by atoms with E-state index >= 15 is 0 Å². The Morgan fingerprint density at radius 2 is 1.94 bits per heavy atom. The van der Waals surface area contributed by atoms with Gasteiger partial charge in [0.1, 0.15) is 0 Å². The zero-order chi connectivity index (χ0) is 12.8. The van der Waals surface area contributed by atoms with Gasteiger partial charge in [-0.15, -0.1) is 0 Å². The first-order valence-electron chi connectivity index (χ1n) is 8.14. The Bertz CT molecular complexity index is 225. The van der Waals surface area contributed by atoms with Crippen LogP contribution < -0.4 is 5.32 Å². The number of hydrogen-bond acceptors (Lipinski definition) is 2. The first-order valence-corrected chi connectivity index (χ1v) is 8.14. The van der Waals surface area contributed by atoms with Crippen LogP contribution in [0.1, 0.15) is 64.7 Å². The van der Waals surface area contributed by atoms with E-state index in [9.17, 15) is 0 Å². The van der Waals surface area contributed by atoms with Crippen LogP contribution in [0.3, 0.4) is 0 Å². The molecule has 0 aromatic rings. The van der Waals surface area contributed by atoms with Crippen molar-refractivity contribution in [3.8, 4) is 0 Å². The van der Waals surface area contributed by atoms with Crippen LogP contribution in [0.5, 0.6) is 0 Å². The molecule has 1 saturated heterocycles. The van der Waals surface area contributed by atoms with Gasteiger partial charge in [0.15, 0.2) is 0 Å². The van der Waals surface area contributed by atoms with Crippen molar-refractivity contribution >= 4 is 0 Å². The molecule has 1 aliphatic carbocycles. The highest BCUT2D eigenvalue weighted by Crippen LogP contribution is 2.32. The summed E-state index contributed by atoms with van der Waals surface area (Å²) in [6.45, 7) is 3.24. The molecule has 0 amide bonds. The van der Waals surface area contributed by atoms with Crippen molar-refractivity contribution in [3.05, 3.63) is 0 Å². The lowest BCUT2D eigenvalue weighted by molar-refractivity contribution is 0.0762. The monoisotopic (exact) mass is 253 g/mol. The summed E-state index contributed by atoms with van der Waals surface area (Å²) >= 11 is 0. The van der Waals surface area contributed by atoms with Gasteiger partial charge in [0.25, 0.3) is 0 Å². The Labute approximate surface area is 113 Å². The van der Waals surface area contributed by atoms with E-state index in [0.29, 0.717) is 12.1 Å². The molecule has 0 radical (unpaired) electrons. The van der Waals surface area contributed by atoms with E-state index < -0.39 is 0 Å². The lowest BCUT2D eigenvalue weighted by atomic mass is 9.82. The number of nitrogens with one attached hydrogen (secondary N) is 1. The third-order valence-corrected chi connectivity index (χ3v) is 5.16. The summed E-state index contributed by atoms with van der Waals surface area (Å²) in [7, 11) is 2.14. The normalized spacial score (nSPS) is 31.7.